The Bertz CT molecular complexity index is 276. The Morgan fingerprint density at radius 1 is 1.23 bits per heavy atom. The highest BCUT2D eigenvalue weighted by Gasteiger charge is 2.15. The summed E-state index contributed by atoms with van der Waals surface area (Å²) in [6.45, 7) is 7.85. The maximum Gasteiger partial charge on any atom is 0.0776 e. The molecule has 0 bridgehead atoms. The van der Waals surface area contributed by atoms with Crippen LogP contribution in [0.5, 0.6) is 0 Å². The molecule has 0 fully saturated rings. The number of hydrogen-bond donors (Lipinski definition) is 1. The molecule has 0 aliphatic heterocycles. The first-order valence-electron chi connectivity index (χ1n) is 4.83. The molecule has 0 heterocycles. The maximum absolute atomic E-state index is 5.53. The van der Waals surface area contributed by atoms with Gasteiger partial charge in [-0.15, -0.1) is 0 Å². The second kappa shape index (κ2) is 4.07. The van der Waals surface area contributed by atoms with E-state index in [1.165, 1.54) is 10.8 Å². The molecule has 1 nitrogen and oxygen atoms in total. The van der Waals surface area contributed by atoms with Gasteiger partial charge in [0.1, 0.15) is 0 Å². The summed E-state index contributed by atoms with van der Waals surface area (Å²) in [6, 6.07) is 8.88. The molecule has 72 valence electrons. The molecule has 1 rings (SSSR count). The van der Waals surface area contributed by atoms with Gasteiger partial charge in [-0.2, -0.15) is 0 Å². The van der Waals surface area contributed by atoms with Crippen molar-refractivity contribution < 1.29 is 0 Å². The lowest BCUT2D eigenvalue weighted by Crippen LogP contribution is -2.37. The van der Waals surface area contributed by atoms with E-state index in [-0.39, 0.29) is 0 Å². The highest BCUT2D eigenvalue weighted by Crippen LogP contribution is 2.05. The van der Waals surface area contributed by atoms with Gasteiger partial charge in [0.15, 0.2) is 0 Å². The first kappa shape index (κ1) is 10.5. The van der Waals surface area contributed by atoms with Crippen molar-refractivity contribution in [1.29, 1.82) is 0 Å². The highest BCUT2D eigenvalue weighted by molar-refractivity contribution is 6.88. The third kappa shape index (κ3) is 2.97. The van der Waals surface area contributed by atoms with Crippen molar-refractivity contribution in [2.45, 2.75) is 26.1 Å². The van der Waals surface area contributed by atoms with Crippen LogP contribution in [0.2, 0.25) is 19.6 Å². The lowest BCUT2D eigenvalue weighted by Gasteiger charge is -2.17. The Labute approximate surface area is 82.0 Å². The van der Waals surface area contributed by atoms with Gasteiger partial charge in [0.25, 0.3) is 0 Å². The minimum Gasteiger partial charge on any atom is -0.330 e. The Balaban J connectivity index is 2.92. The Hall–Kier alpha value is -0.603. The van der Waals surface area contributed by atoms with E-state index < -0.39 is 8.07 Å². The SMILES string of the molecule is C[Si](C)(C)c1cccc(CCN)c1. The maximum atomic E-state index is 5.53. The Kier molecular flexibility index (Phi) is 3.28. The molecule has 0 aliphatic rings. The van der Waals surface area contributed by atoms with Crippen molar-refractivity contribution in [1.82, 2.24) is 0 Å². The van der Waals surface area contributed by atoms with Crippen LogP contribution in [0.25, 0.3) is 0 Å². The topological polar surface area (TPSA) is 26.0 Å². The van der Waals surface area contributed by atoms with Crippen molar-refractivity contribution in [3.63, 3.8) is 0 Å². The lowest BCUT2D eigenvalue weighted by molar-refractivity contribution is 0.970. The molecule has 1 aromatic rings. The van der Waals surface area contributed by atoms with E-state index in [9.17, 15) is 0 Å². The molecule has 2 N–H and O–H groups in total. The normalized spacial score (nSPS) is 11.7. The minimum absolute atomic E-state index is 0.745. The fraction of sp³-hybridized carbons (Fsp3) is 0.455. The van der Waals surface area contributed by atoms with E-state index in [2.05, 4.69) is 43.9 Å². The van der Waals surface area contributed by atoms with Gasteiger partial charge >= 0.3 is 0 Å². The fourth-order valence-electron chi connectivity index (χ4n) is 1.36. The molecule has 0 saturated carbocycles. The molecule has 13 heavy (non-hydrogen) atoms. The smallest absolute Gasteiger partial charge is 0.0776 e. The van der Waals surface area contributed by atoms with E-state index in [1.54, 1.807) is 0 Å². The van der Waals surface area contributed by atoms with Crippen LogP contribution < -0.4 is 10.9 Å². The van der Waals surface area contributed by atoms with Gasteiger partial charge in [-0.05, 0) is 18.5 Å². The molecular formula is C11H19NSi. The fourth-order valence-corrected chi connectivity index (χ4v) is 2.57. The van der Waals surface area contributed by atoms with Crippen molar-refractivity contribution >= 4 is 13.3 Å². The standard InChI is InChI=1S/C11H19NSi/c1-13(2,3)11-6-4-5-10(9-11)7-8-12/h4-6,9H,7-8,12H2,1-3H3. The lowest BCUT2D eigenvalue weighted by atomic mass is 10.1. The van der Waals surface area contributed by atoms with Crippen LogP contribution in [0.1, 0.15) is 5.56 Å². The molecule has 0 radical (unpaired) electrons. The van der Waals surface area contributed by atoms with E-state index in [0.29, 0.717) is 0 Å². The zero-order valence-electron chi connectivity index (χ0n) is 8.80. The highest BCUT2D eigenvalue weighted by atomic mass is 28.3. The number of benzene rings is 1. The van der Waals surface area contributed by atoms with E-state index >= 15 is 0 Å². The van der Waals surface area contributed by atoms with Crippen LogP contribution in [0.4, 0.5) is 0 Å². The summed E-state index contributed by atoms with van der Waals surface area (Å²) in [5, 5.41) is 1.53. The molecular weight excluding hydrogens is 174 g/mol. The summed E-state index contributed by atoms with van der Waals surface area (Å²) >= 11 is 0. The number of nitrogens with two attached hydrogens (primary N) is 1. The van der Waals surface area contributed by atoms with Crippen LogP contribution in [0.3, 0.4) is 0 Å². The monoisotopic (exact) mass is 193 g/mol. The molecule has 0 aliphatic carbocycles. The van der Waals surface area contributed by atoms with Crippen molar-refractivity contribution in [3.05, 3.63) is 29.8 Å². The van der Waals surface area contributed by atoms with Gasteiger partial charge in [0.2, 0.25) is 0 Å². The number of rotatable bonds is 3. The molecule has 1 aromatic carbocycles. The van der Waals surface area contributed by atoms with Crippen LogP contribution in [-0.2, 0) is 6.42 Å². The van der Waals surface area contributed by atoms with Crippen LogP contribution in [0, 0.1) is 0 Å². The largest absolute Gasteiger partial charge is 0.330 e. The van der Waals surface area contributed by atoms with Gasteiger partial charge in [-0.1, -0.05) is 49.1 Å². The van der Waals surface area contributed by atoms with Crippen LogP contribution in [0.15, 0.2) is 24.3 Å². The van der Waals surface area contributed by atoms with Crippen molar-refractivity contribution in [2.75, 3.05) is 6.54 Å². The van der Waals surface area contributed by atoms with Gasteiger partial charge in [-0.25, -0.2) is 0 Å². The van der Waals surface area contributed by atoms with E-state index in [0.717, 1.165) is 13.0 Å². The zero-order valence-corrected chi connectivity index (χ0v) is 9.80. The zero-order chi connectivity index (χ0) is 9.90. The van der Waals surface area contributed by atoms with Crippen molar-refractivity contribution in [3.8, 4) is 0 Å². The molecule has 0 spiro atoms. The molecule has 0 saturated heterocycles. The minimum atomic E-state index is -1.13. The third-order valence-electron chi connectivity index (χ3n) is 2.23. The van der Waals surface area contributed by atoms with E-state index in [4.69, 9.17) is 5.73 Å². The van der Waals surface area contributed by atoms with Crippen molar-refractivity contribution in [2.24, 2.45) is 5.73 Å². The third-order valence-corrected chi connectivity index (χ3v) is 4.27. The summed E-state index contributed by atoms with van der Waals surface area (Å²) < 4.78 is 0. The predicted octanol–water partition coefficient (Wildman–Crippen LogP) is 1.73. The summed E-state index contributed by atoms with van der Waals surface area (Å²) in [6.07, 6.45) is 0.998. The molecule has 0 aromatic heterocycles. The van der Waals surface area contributed by atoms with Crippen LogP contribution in [-0.4, -0.2) is 14.6 Å². The first-order valence-corrected chi connectivity index (χ1v) is 8.33. The predicted molar refractivity (Wildman–Crippen MR) is 62.2 cm³/mol. The average Bonchev–Trinajstić information content (AvgIpc) is 2.04. The summed E-state index contributed by atoms with van der Waals surface area (Å²) in [5.41, 5.74) is 6.91. The van der Waals surface area contributed by atoms with Gasteiger partial charge < -0.3 is 5.73 Å². The number of hydrogen-bond acceptors (Lipinski definition) is 1. The van der Waals surface area contributed by atoms with Gasteiger partial charge in [-0.3, -0.25) is 0 Å². The van der Waals surface area contributed by atoms with Crippen LogP contribution >= 0.6 is 0 Å². The first-order chi connectivity index (χ1) is 6.04. The second-order valence-electron chi connectivity index (χ2n) is 4.49. The summed E-state index contributed by atoms with van der Waals surface area (Å²) in [7, 11) is -1.13. The molecule has 0 amide bonds. The molecule has 0 unspecified atom stereocenters. The quantitative estimate of drug-likeness (QED) is 0.727. The Morgan fingerprint density at radius 3 is 2.46 bits per heavy atom. The van der Waals surface area contributed by atoms with E-state index in [1.807, 2.05) is 0 Å². The van der Waals surface area contributed by atoms with Gasteiger partial charge in [0.05, 0.1) is 8.07 Å². The van der Waals surface area contributed by atoms with Gasteiger partial charge in [0, 0.05) is 0 Å². The Morgan fingerprint density at radius 2 is 1.92 bits per heavy atom. The summed E-state index contributed by atoms with van der Waals surface area (Å²) in [4.78, 5) is 0. The second-order valence-corrected chi connectivity index (χ2v) is 9.57. The molecule has 2 heteroatoms. The average molecular weight is 193 g/mol. The summed E-state index contributed by atoms with van der Waals surface area (Å²) in [5.74, 6) is 0. The molecule has 0 atom stereocenters.